The lowest BCUT2D eigenvalue weighted by atomic mass is 10.2. The van der Waals surface area contributed by atoms with Gasteiger partial charge in [0.25, 0.3) is 0 Å². The van der Waals surface area contributed by atoms with E-state index in [-0.39, 0.29) is 18.3 Å². The Morgan fingerprint density at radius 1 is 0.742 bits per heavy atom. The summed E-state index contributed by atoms with van der Waals surface area (Å²) in [6.07, 6.45) is 12.9. The monoisotopic (exact) mass is 941 g/mol. The van der Waals surface area contributed by atoms with Crippen molar-refractivity contribution in [3.63, 3.8) is 0 Å². The predicted octanol–water partition coefficient (Wildman–Crippen LogP) is 12.8. The number of para-hydroxylation sites is 1. The number of aliphatic imine (C=N–C) groups is 1. The van der Waals surface area contributed by atoms with Crippen LogP contribution in [0.2, 0.25) is 0 Å². The molecule has 3 aromatic carbocycles. The molecule has 13 heteroatoms. The van der Waals surface area contributed by atoms with Crippen molar-refractivity contribution in [3.8, 4) is 5.75 Å². The Hall–Kier alpha value is -5.27. The average molecular weight is 941 g/mol. The lowest BCUT2D eigenvalue weighted by Gasteiger charge is -1.90. The van der Waals surface area contributed by atoms with E-state index in [0.29, 0.717) is 12.2 Å². The number of hydrogen-bond acceptors (Lipinski definition) is 7. The third kappa shape index (κ3) is 70.4. The summed E-state index contributed by atoms with van der Waals surface area (Å²) in [5.74, 6) is 2.47. The van der Waals surface area contributed by atoms with E-state index in [0.717, 1.165) is 37.0 Å². The number of carbonyl (C=O) groups excluding carboxylic acids is 1. The molecule has 66 heavy (non-hydrogen) atoms. The molecular formula is C53H96N8O4S. The molecule has 0 bridgehead atoms. The number of aromatic amines is 2. The molecule has 12 N–H and O–H groups in total. The highest BCUT2D eigenvalue weighted by Gasteiger charge is 1.94. The van der Waals surface area contributed by atoms with Crippen LogP contribution in [0.15, 0.2) is 103 Å². The first-order valence-electron chi connectivity index (χ1n) is 23.1. The Bertz CT molecular complexity index is 1680. The molecule has 5 aromatic rings. The molecule has 0 aliphatic heterocycles. The number of benzene rings is 3. The van der Waals surface area contributed by atoms with Gasteiger partial charge in [-0.1, -0.05) is 161 Å². The number of carboxylic acids is 1. The first-order chi connectivity index (χ1) is 31.1. The van der Waals surface area contributed by atoms with Gasteiger partial charge in [-0.3, -0.25) is 14.6 Å². The number of primary amides is 1. The van der Waals surface area contributed by atoms with Crippen LogP contribution in [-0.4, -0.2) is 68.1 Å². The van der Waals surface area contributed by atoms with Crippen LogP contribution in [-0.2, 0) is 9.59 Å². The minimum atomic E-state index is -0.745. The van der Waals surface area contributed by atoms with Crippen molar-refractivity contribution in [2.45, 2.75) is 142 Å². The van der Waals surface area contributed by atoms with Gasteiger partial charge in [0.05, 0.1) is 6.33 Å². The van der Waals surface area contributed by atoms with Crippen molar-refractivity contribution in [3.05, 3.63) is 120 Å². The Kier molecular flexibility index (Phi) is 61.2. The van der Waals surface area contributed by atoms with Crippen LogP contribution in [0, 0.1) is 39.5 Å². The zero-order valence-electron chi connectivity index (χ0n) is 44.1. The SMILES string of the molecule is CC(C)C.CCC(=O)O.CCC(C)C.CCC(N)=O.CCCCN.CCCN=C(N)N.CCSC.Cc1c[nH]c2ccccc12.Cc1ccc(O)cc1.Cc1ccccc1.Cc1cnc[nH]1. The Labute approximate surface area is 406 Å². The summed E-state index contributed by atoms with van der Waals surface area (Å²) in [6, 6.07) is 25.7. The minimum absolute atomic E-state index is 0.182. The van der Waals surface area contributed by atoms with Crippen molar-refractivity contribution in [1.82, 2.24) is 15.0 Å². The molecule has 378 valence electrons. The third-order valence-electron chi connectivity index (χ3n) is 7.24. The zero-order valence-corrected chi connectivity index (χ0v) is 44.9. The number of nitrogens with one attached hydrogen (secondary N) is 2. The van der Waals surface area contributed by atoms with E-state index in [4.69, 9.17) is 27.4 Å². The molecule has 2 aromatic heterocycles. The molecule has 0 atom stereocenters. The van der Waals surface area contributed by atoms with Crippen LogP contribution < -0.4 is 22.9 Å². The number of nitrogens with two attached hydrogens (primary N) is 4. The number of amides is 1. The van der Waals surface area contributed by atoms with Crippen molar-refractivity contribution < 1.29 is 19.8 Å². The van der Waals surface area contributed by atoms with E-state index >= 15 is 0 Å². The third-order valence-corrected chi connectivity index (χ3v) is 7.81. The molecule has 2 heterocycles. The Morgan fingerprint density at radius 2 is 1.20 bits per heavy atom. The van der Waals surface area contributed by atoms with Crippen LogP contribution in [0.25, 0.3) is 10.9 Å². The fourth-order valence-electron chi connectivity index (χ4n) is 3.07. The van der Waals surface area contributed by atoms with Crippen LogP contribution in [0.5, 0.6) is 5.75 Å². The van der Waals surface area contributed by atoms with Gasteiger partial charge in [-0.2, -0.15) is 11.8 Å². The van der Waals surface area contributed by atoms with Gasteiger partial charge < -0.3 is 43.1 Å². The highest BCUT2D eigenvalue weighted by Crippen LogP contribution is 2.15. The van der Waals surface area contributed by atoms with Crippen molar-refractivity contribution in [1.29, 1.82) is 0 Å². The van der Waals surface area contributed by atoms with Gasteiger partial charge >= 0.3 is 5.97 Å². The average Bonchev–Trinajstić information content (AvgIpc) is 3.94. The summed E-state index contributed by atoms with van der Waals surface area (Å²) >= 11 is 1.86. The van der Waals surface area contributed by atoms with Gasteiger partial charge in [0.2, 0.25) is 5.91 Å². The van der Waals surface area contributed by atoms with Crippen LogP contribution >= 0.6 is 11.8 Å². The van der Waals surface area contributed by atoms with Crippen molar-refractivity contribution in [2.24, 2.45) is 39.8 Å². The number of unbranched alkanes of at least 4 members (excludes halogenated alkanes) is 1. The number of aliphatic carboxylic acids is 1. The maximum Gasteiger partial charge on any atom is 0.303 e. The van der Waals surface area contributed by atoms with Crippen molar-refractivity contribution >= 4 is 40.5 Å². The highest BCUT2D eigenvalue weighted by atomic mass is 32.2. The van der Waals surface area contributed by atoms with Crippen LogP contribution in [0.3, 0.4) is 0 Å². The molecule has 1 amide bonds. The molecule has 0 radical (unpaired) electrons. The maximum atomic E-state index is 9.59. The van der Waals surface area contributed by atoms with Gasteiger partial charge in [0.15, 0.2) is 5.96 Å². The standard InChI is InChI=1S/C9H9N.C7H8O.C7H8.C5H12.C4H11N3.C4H6N2.C4H11N.C4H10.C3H7NO.C3H6O2.C3H8S/c1-7-6-10-9-5-3-2-4-8(7)9;1-6-2-4-7(8)5-3-6;1-7-5-3-2-4-6-7;1-4-5(2)3;1-2-3-7-4(5)6;1-4-2-5-3-6-4;1-2-3-4-5;1-4(2)3;2*1-2-3(4)5;1-3-4-2/h2-6,10H,1H3;2-5,8H,1H3;2-6H,1H3;5H,4H2,1-3H3;2-3H2,1H3,(H4,5,6,7);2-3H,1H3,(H,5,6);2-5H2,1H3;4H,1-3H3;2H2,1H3,(H2,4,5);2H2,1H3,(H,4,5);3H2,1-2H3. The van der Waals surface area contributed by atoms with Gasteiger partial charge in [-0.05, 0) is 94.7 Å². The molecular weight excluding hydrogens is 845 g/mol. The second kappa shape index (κ2) is 55.9. The molecule has 12 nitrogen and oxygen atoms in total. The number of hydrogen-bond donors (Lipinski definition) is 8. The largest absolute Gasteiger partial charge is 0.508 e. The second-order valence-corrected chi connectivity index (χ2v) is 16.5. The molecule has 5 rings (SSSR count). The molecule has 0 fully saturated rings. The number of aromatic nitrogens is 3. The summed E-state index contributed by atoms with van der Waals surface area (Å²) in [5, 5.41) is 17.8. The number of H-pyrrole nitrogens is 2. The highest BCUT2D eigenvalue weighted by molar-refractivity contribution is 7.98. The number of carbonyl (C=O) groups is 2. The minimum Gasteiger partial charge on any atom is -0.508 e. The van der Waals surface area contributed by atoms with E-state index in [1.54, 1.807) is 38.5 Å². The summed E-state index contributed by atoms with van der Waals surface area (Å²) in [4.78, 5) is 32.5. The predicted molar refractivity (Wildman–Crippen MR) is 292 cm³/mol. The first-order valence-corrected chi connectivity index (χ1v) is 24.5. The smallest absolute Gasteiger partial charge is 0.303 e. The molecule has 0 saturated heterocycles. The first kappa shape index (κ1) is 72.3. The van der Waals surface area contributed by atoms with Crippen LogP contribution in [0.1, 0.15) is 137 Å². The fourth-order valence-corrected chi connectivity index (χ4v) is 3.07. The van der Waals surface area contributed by atoms with Gasteiger partial charge in [-0.15, -0.1) is 0 Å². The van der Waals surface area contributed by atoms with Gasteiger partial charge in [0, 0.05) is 48.4 Å². The zero-order chi connectivity index (χ0) is 52.1. The number of nitrogens with zero attached hydrogens (tertiary/aromatic N) is 2. The number of aryl methyl sites for hydroxylation is 4. The number of imidazole rings is 1. The number of phenols is 1. The van der Waals surface area contributed by atoms with E-state index < -0.39 is 5.97 Å². The summed E-state index contributed by atoms with van der Waals surface area (Å²) < 4.78 is 0. The molecule has 0 spiro atoms. The lowest BCUT2D eigenvalue weighted by Crippen LogP contribution is -2.22. The summed E-state index contributed by atoms with van der Waals surface area (Å²) in [6.45, 7) is 32.5. The van der Waals surface area contributed by atoms with Crippen molar-refractivity contribution in [2.75, 3.05) is 25.1 Å². The molecule has 0 aliphatic rings. The quantitative estimate of drug-likeness (QED) is 0.0545. The topological polar surface area (TPSA) is 236 Å². The number of carboxylic acid groups (broad SMARTS) is 1. The van der Waals surface area contributed by atoms with Crippen LogP contribution in [0.4, 0.5) is 0 Å². The number of aromatic hydroxyl groups is 1. The molecule has 0 aliphatic carbocycles. The number of fused-ring (bicyclic) bond motifs is 1. The fraction of sp³-hybridized carbons (Fsp3) is 0.509. The number of guanidine groups is 1. The number of thioether (sulfide) groups is 1. The van der Waals surface area contributed by atoms with E-state index in [1.807, 2.05) is 75.1 Å². The molecule has 0 unspecified atom stereocenters. The van der Waals surface area contributed by atoms with Gasteiger partial charge in [0.1, 0.15) is 5.75 Å². The molecule has 0 saturated carbocycles. The van der Waals surface area contributed by atoms with E-state index in [1.165, 1.54) is 52.6 Å². The summed E-state index contributed by atoms with van der Waals surface area (Å²) in [7, 11) is 0. The lowest BCUT2D eigenvalue weighted by molar-refractivity contribution is -0.136. The number of rotatable bonds is 8. The Balaban J connectivity index is -0.000000152. The second-order valence-electron chi connectivity index (χ2n) is 15.4. The normalized spacial score (nSPS) is 8.77. The maximum absolute atomic E-state index is 9.59. The van der Waals surface area contributed by atoms with E-state index in [2.05, 4.69) is 132 Å². The Morgan fingerprint density at radius 3 is 1.42 bits per heavy atom. The summed E-state index contributed by atoms with van der Waals surface area (Å²) in [5.41, 5.74) is 25.9. The number of phenolic OH excluding ortho intramolecular Hbond substituents is 1. The van der Waals surface area contributed by atoms with Gasteiger partial charge in [-0.25, -0.2) is 4.98 Å². The van der Waals surface area contributed by atoms with E-state index in [9.17, 15) is 9.59 Å².